The van der Waals surface area contributed by atoms with Gasteiger partial charge in [-0.25, -0.2) is 0 Å². The number of rotatable bonds is 3. The lowest BCUT2D eigenvalue weighted by atomic mass is 10.0. The van der Waals surface area contributed by atoms with Crippen LogP contribution >= 0.6 is 12.4 Å². The zero-order valence-corrected chi connectivity index (χ0v) is 10.1. The normalized spacial score (nSPS) is 13.4. The first-order valence-electron chi connectivity index (χ1n) is 4.87. The third kappa shape index (κ3) is 3.72. The van der Waals surface area contributed by atoms with Crippen LogP contribution in [0.25, 0.3) is 0 Å². The van der Waals surface area contributed by atoms with Crippen molar-refractivity contribution in [2.24, 2.45) is 11.7 Å². The van der Waals surface area contributed by atoms with Gasteiger partial charge in [0.05, 0.1) is 11.6 Å². The molecular weight excluding hydrogens is 228 g/mol. The number of carbonyl (C=O) groups is 1. The van der Waals surface area contributed by atoms with Gasteiger partial charge in [0, 0.05) is 6.04 Å². The van der Waals surface area contributed by atoms with Crippen LogP contribution in [-0.2, 0) is 4.79 Å². The predicted octanol–water partition coefficient (Wildman–Crippen LogP) is 1.74. The SMILES string of the molecule is CC(N)C(C)C(=O)Nc1ccccc1O.Cl. The number of phenols is 1. The van der Waals surface area contributed by atoms with E-state index in [1.807, 2.05) is 0 Å². The fraction of sp³-hybridized carbons (Fsp3) is 0.364. The maximum absolute atomic E-state index is 11.6. The number of hydrogen-bond acceptors (Lipinski definition) is 3. The van der Waals surface area contributed by atoms with Gasteiger partial charge in [-0.2, -0.15) is 0 Å². The van der Waals surface area contributed by atoms with E-state index in [0.717, 1.165) is 0 Å². The molecule has 1 amide bonds. The van der Waals surface area contributed by atoms with Crippen molar-refractivity contribution < 1.29 is 9.90 Å². The molecule has 90 valence electrons. The van der Waals surface area contributed by atoms with Crippen molar-refractivity contribution in [3.8, 4) is 5.75 Å². The molecule has 0 aromatic heterocycles. The van der Waals surface area contributed by atoms with Gasteiger partial charge in [-0.05, 0) is 19.1 Å². The molecule has 0 radical (unpaired) electrons. The third-order valence-electron chi connectivity index (χ3n) is 2.36. The van der Waals surface area contributed by atoms with Crippen molar-refractivity contribution in [1.82, 2.24) is 0 Å². The topological polar surface area (TPSA) is 75.4 Å². The summed E-state index contributed by atoms with van der Waals surface area (Å²) in [7, 11) is 0. The lowest BCUT2D eigenvalue weighted by Crippen LogP contribution is -2.34. The van der Waals surface area contributed by atoms with Gasteiger partial charge in [-0.3, -0.25) is 4.79 Å². The molecular formula is C11H17ClN2O2. The van der Waals surface area contributed by atoms with Gasteiger partial charge >= 0.3 is 0 Å². The molecule has 0 saturated carbocycles. The van der Waals surface area contributed by atoms with Gasteiger partial charge in [0.25, 0.3) is 0 Å². The number of para-hydroxylation sites is 2. The van der Waals surface area contributed by atoms with Crippen LogP contribution in [0.15, 0.2) is 24.3 Å². The third-order valence-corrected chi connectivity index (χ3v) is 2.36. The van der Waals surface area contributed by atoms with Crippen LogP contribution in [0.2, 0.25) is 0 Å². The summed E-state index contributed by atoms with van der Waals surface area (Å²) in [4.78, 5) is 11.6. The van der Waals surface area contributed by atoms with E-state index in [9.17, 15) is 9.90 Å². The Bertz CT molecular complexity index is 356. The molecule has 16 heavy (non-hydrogen) atoms. The zero-order valence-electron chi connectivity index (χ0n) is 9.31. The number of aromatic hydroxyl groups is 1. The number of benzene rings is 1. The van der Waals surface area contributed by atoms with Crippen molar-refractivity contribution in [1.29, 1.82) is 0 Å². The molecule has 0 spiro atoms. The van der Waals surface area contributed by atoms with Crippen LogP contribution in [0.1, 0.15) is 13.8 Å². The van der Waals surface area contributed by atoms with E-state index in [1.54, 1.807) is 32.0 Å². The number of anilines is 1. The van der Waals surface area contributed by atoms with E-state index in [0.29, 0.717) is 5.69 Å². The molecule has 0 heterocycles. The summed E-state index contributed by atoms with van der Waals surface area (Å²) in [5.41, 5.74) is 6.02. The highest BCUT2D eigenvalue weighted by atomic mass is 35.5. The largest absolute Gasteiger partial charge is 0.506 e. The van der Waals surface area contributed by atoms with Crippen LogP contribution in [0, 0.1) is 5.92 Å². The fourth-order valence-corrected chi connectivity index (χ4v) is 1.06. The minimum Gasteiger partial charge on any atom is -0.506 e. The minimum atomic E-state index is -0.287. The highest BCUT2D eigenvalue weighted by molar-refractivity contribution is 5.94. The van der Waals surface area contributed by atoms with E-state index < -0.39 is 0 Å². The smallest absolute Gasteiger partial charge is 0.228 e. The summed E-state index contributed by atoms with van der Waals surface area (Å²) in [6.07, 6.45) is 0. The van der Waals surface area contributed by atoms with Gasteiger partial charge in [0.15, 0.2) is 0 Å². The summed E-state index contributed by atoms with van der Waals surface area (Å²) >= 11 is 0. The first-order valence-corrected chi connectivity index (χ1v) is 4.87. The molecule has 4 N–H and O–H groups in total. The highest BCUT2D eigenvalue weighted by Crippen LogP contribution is 2.22. The van der Waals surface area contributed by atoms with Crippen molar-refractivity contribution in [2.75, 3.05) is 5.32 Å². The maximum atomic E-state index is 11.6. The first kappa shape index (κ1) is 14.7. The number of phenolic OH excluding ortho intramolecular Hbond substituents is 1. The molecule has 0 bridgehead atoms. The molecule has 5 heteroatoms. The molecule has 2 unspecified atom stereocenters. The van der Waals surface area contributed by atoms with Crippen molar-refractivity contribution >= 4 is 24.0 Å². The fourth-order valence-electron chi connectivity index (χ4n) is 1.06. The molecule has 0 aliphatic heterocycles. The van der Waals surface area contributed by atoms with Gasteiger partial charge < -0.3 is 16.2 Å². The molecule has 1 aromatic carbocycles. The first-order chi connectivity index (χ1) is 7.02. The predicted molar refractivity (Wildman–Crippen MR) is 66.8 cm³/mol. The van der Waals surface area contributed by atoms with E-state index in [-0.39, 0.29) is 36.0 Å². The molecule has 1 aromatic rings. The lowest BCUT2D eigenvalue weighted by Gasteiger charge is -2.15. The second-order valence-corrected chi connectivity index (χ2v) is 3.65. The van der Waals surface area contributed by atoms with Crippen LogP contribution < -0.4 is 11.1 Å². The van der Waals surface area contributed by atoms with Crippen molar-refractivity contribution in [2.45, 2.75) is 19.9 Å². The van der Waals surface area contributed by atoms with Gasteiger partial charge in [0.1, 0.15) is 5.75 Å². The summed E-state index contributed by atoms with van der Waals surface area (Å²) in [5, 5.41) is 12.1. The van der Waals surface area contributed by atoms with Crippen LogP contribution in [0.4, 0.5) is 5.69 Å². The van der Waals surface area contributed by atoms with Crippen LogP contribution in [0.3, 0.4) is 0 Å². The molecule has 4 nitrogen and oxygen atoms in total. The van der Waals surface area contributed by atoms with Crippen molar-refractivity contribution in [3.05, 3.63) is 24.3 Å². The van der Waals surface area contributed by atoms with Crippen LogP contribution in [-0.4, -0.2) is 17.1 Å². The Hall–Kier alpha value is -1.26. The molecule has 0 saturated heterocycles. The monoisotopic (exact) mass is 244 g/mol. The standard InChI is InChI=1S/C11H16N2O2.ClH/c1-7(8(2)12)11(15)13-9-5-3-4-6-10(9)14;/h3-8,14H,12H2,1-2H3,(H,13,15);1H. The number of hydrogen-bond donors (Lipinski definition) is 3. The summed E-state index contributed by atoms with van der Waals surface area (Å²) in [5.74, 6) is -0.418. The second-order valence-electron chi connectivity index (χ2n) is 3.65. The lowest BCUT2D eigenvalue weighted by molar-refractivity contribution is -0.119. The second kappa shape index (κ2) is 6.35. The number of halogens is 1. The summed E-state index contributed by atoms with van der Waals surface area (Å²) in [6.45, 7) is 3.52. The average Bonchev–Trinajstić information content (AvgIpc) is 2.20. The maximum Gasteiger partial charge on any atom is 0.228 e. The zero-order chi connectivity index (χ0) is 11.4. The Labute approximate surface area is 101 Å². The minimum absolute atomic E-state index is 0. The Kier molecular flexibility index (Phi) is 5.85. The van der Waals surface area contributed by atoms with E-state index >= 15 is 0 Å². The van der Waals surface area contributed by atoms with Crippen LogP contribution in [0.5, 0.6) is 5.75 Å². The molecule has 0 aliphatic carbocycles. The summed E-state index contributed by atoms with van der Waals surface area (Å²) < 4.78 is 0. The number of carbonyl (C=O) groups excluding carboxylic acids is 1. The average molecular weight is 245 g/mol. The Morgan fingerprint density at radius 3 is 2.44 bits per heavy atom. The quantitative estimate of drug-likeness (QED) is 0.709. The Morgan fingerprint density at radius 1 is 1.38 bits per heavy atom. The number of amides is 1. The van der Waals surface area contributed by atoms with Crippen molar-refractivity contribution in [3.63, 3.8) is 0 Å². The van der Waals surface area contributed by atoms with E-state index in [1.165, 1.54) is 6.07 Å². The van der Waals surface area contributed by atoms with Gasteiger partial charge in [0.2, 0.25) is 5.91 Å². The van der Waals surface area contributed by atoms with E-state index in [2.05, 4.69) is 5.32 Å². The Balaban J connectivity index is 0.00000225. The molecule has 0 fully saturated rings. The van der Waals surface area contributed by atoms with E-state index in [4.69, 9.17) is 5.73 Å². The number of nitrogens with one attached hydrogen (secondary N) is 1. The summed E-state index contributed by atoms with van der Waals surface area (Å²) in [6, 6.07) is 6.38. The molecule has 2 atom stereocenters. The molecule has 1 rings (SSSR count). The molecule has 0 aliphatic rings. The Morgan fingerprint density at radius 2 is 1.94 bits per heavy atom. The van der Waals surface area contributed by atoms with Gasteiger partial charge in [-0.15, -0.1) is 12.4 Å². The highest BCUT2D eigenvalue weighted by Gasteiger charge is 2.17. The van der Waals surface area contributed by atoms with Gasteiger partial charge in [-0.1, -0.05) is 19.1 Å². The number of nitrogens with two attached hydrogens (primary N) is 1.